The van der Waals surface area contributed by atoms with E-state index in [9.17, 15) is 4.79 Å². The van der Waals surface area contributed by atoms with Crippen molar-refractivity contribution >= 4 is 11.7 Å². The highest BCUT2D eigenvalue weighted by Crippen LogP contribution is 2.21. The Bertz CT molecular complexity index is 586. The van der Waals surface area contributed by atoms with Gasteiger partial charge in [0.2, 0.25) is 0 Å². The summed E-state index contributed by atoms with van der Waals surface area (Å²) < 4.78 is 0. The molecule has 1 aliphatic heterocycles. The van der Waals surface area contributed by atoms with Crippen molar-refractivity contribution in [1.82, 2.24) is 15.0 Å². The van der Waals surface area contributed by atoms with Gasteiger partial charge in [0.25, 0.3) is 5.91 Å². The van der Waals surface area contributed by atoms with E-state index in [1.807, 2.05) is 30.3 Å². The van der Waals surface area contributed by atoms with Gasteiger partial charge < -0.3 is 10.6 Å². The number of aromatic nitrogens is 3. The molecule has 6 nitrogen and oxygen atoms in total. The van der Waals surface area contributed by atoms with Crippen molar-refractivity contribution in [3.05, 3.63) is 36.0 Å². The highest BCUT2D eigenvalue weighted by Gasteiger charge is 2.24. The molecular formula is C13H15N5O. The number of nitrogens with two attached hydrogens (primary N) is 1. The van der Waals surface area contributed by atoms with E-state index in [1.54, 1.807) is 0 Å². The van der Waals surface area contributed by atoms with Crippen molar-refractivity contribution in [2.24, 2.45) is 5.73 Å². The van der Waals surface area contributed by atoms with E-state index in [1.165, 1.54) is 4.80 Å². The minimum Gasteiger partial charge on any atom is -0.364 e. The minimum atomic E-state index is -0.538. The Morgan fingerprint density at radius 3 is 2.42 bits per heavy atom. The second-order valence-corrected chi connectivity index (χ2v) is 4.56. The van der Waals surface area contributed by atoms with Crippen LogP contribution in [0.4, 0.5) is 5.82 Å². The largest absolute Gasteiger partial charge is 0.364 e. The molecule has 19 heavy (non-hydrogen) atoms. The molecule has 0 bridgehead atoms. The van der Waals surface area contributed by atoms with Crippen LogP contribution in [0.1, 0.15) is 23.3 Å². The fourth-order valence-corrected chi connectivity index (χ4v) is 2.28. The van der Waals surface area contributed by atoms with Crippen LogP contribution in [0.15, 0.2) is 30.3 Å². The number of carbonyl (C=O) groups is 1. The zero-order valence-corrected chi connectivity index (χ0v) is 10.5. The first kappa shape index (κ1) is 11.7. The van der Waals surface area contributed by atoms with Gasteiger partial charge in [-0.25, -0.2) is 0 Å². The smallest absolute Gasteiger partial charge is 0.273 e. The molecule has 1 fully saturated rings. The Kier molecular flexibility index (Phi) is 2.91. The van der Waals surface area contributed by atoms with E-state index in [0.29, 0.717) is 5.82 Å². The monoisotopic (exact) mass is 257 g/mol. The average Bonchev–Trinajstić information content (AvgIpc) is 3.08. The molecule has 1 aromatic heterocycles. The fraction of sp³-hybridized carbons (Fsp3) is 0.308. The van der Waals surface area contributed by atoms with E-state index in [0.717, 1.165) is 31.6 Å². The van der Waals surface area contributed by atoms with Crippen LogP contribution >= 0.6 is 0 Å². The molecular weight excluding hydrogens is 242 g/mol. The summed E-state index contributed by atoms with van der Waals surface area (Å²) in [6, 6.07) is 9.50. The lowest BCUT2D eigenvalue weighted by Crippen LogP contribution is -2.23. The third-order valence-corrected chi connectivity index (χ3v) is 3.22. The van der Waals surface area contributed by atoms with E-state index in [2.05, 4.69) is 15.1 Å². The highest BCUT2D eigenvalue weighted by molar-refractivity contribution is 5.95. The predicted molar refractivity (Wildman–Crippen MR) is 71.3 cm³/mol. The van der Waals surface area contributed by atoms with Crippen molar-refractivity contribution in [2.75, 3.05) is 18.0 Å². The number of para-hydroxylation sites is 1. The van der Waals surface area contributed by atoms with Crippen molar-refractivity contribution in [1.29, 1.82) is 0 Å². The Morgan fingerprint density at radius 1 is 1.11 bits per heavy atom. The zero-order chi connectivity index (χ0) is 13.2. The van der Waals surface area contributed by atoms with Crippen molar-refractivity contribution in [3.63, 3.8) is 0 Å². The number of carbonyl (C=O) groups excluding carboxylic acids is 1. The van der Waals surface area contributed by atoms with Gasteiger partial charge >= 0.3 is 0 Å². The summed E-state index contributed by atoms with van der Waals surface area (Å²) >= 11 is 0. The number of benzene rings is 1. The van der Waals surface area contributed by atoms with Gasteiger partial charge in [-0.1, -0.05) is 18.2 Å². The van der Waals surface area contributed by atoms with Crippen LogP contribution in [-0.4, -0.2) is 34.0 Å². The molecule has 2 heterocycles. The maximum atomic E-state index is 11.5. The van der Waals surface area contributed by atoms with E-state index in [4.69, 9.17) is 5.73 Å². The molecule has 0 spiro atoms. The van der Waals surface area contributed by atoms with Gasteiger partial charge in [-0.15, -0.1) is 15.0 Å². The molecule has 2 aromatic rings. The van der Waals surface area contributed by atoms with Crippen molar-refractivity contribution < 1.29 is 4.79 Å². The summed E-state index contributed by atoms with van der Waals surface area (Å²) in [5.74, 6) is 0.0536. The molecule has 3 rings (SSSR count). The van der Waals surface area contributed by atoms with Gasteiger partial charge in [0.1, 0.15) is 0 Å². The molecule has 6 heteroatoms. The number of amides is 1. The molecule has 1 aromatic carbocycles. The number of nitrogens with zero attached hydrogens (tertiary/aromatic N) is 4. The van der Waals surface area contributed by atoms with Crippen LogP contribution in [-0.2, 0) is 0 Å². The SMILES string of the molecule is NC(=O)c1nn(-c2ccccc2)nc1N1CCCC1. The highest BCUT2D eigenvalue weighted by atomic mass is 16.1. The first-order chi connectivity index (χ1) is 9.25. The van der Waals surface area contributed by atoms with Gasteiger partial charge in [0.05, 0.1) is 5.69 Å². The third kappa shape index (κ3) is 2.16. The molecule has 0 saturated carbocycles. The Balaban J connectivity index is 2.04. The molecule has 0 radical (unpaired) electrons. The summed E-state index contributed by atoms with van der Waals surface area (Å²) in [4.78, 5) is 15.0. The number of hydrogen-bond donors (Lipinski definition) is 1. The maximum absolute atomic E-state index is 11.5. The molecule has 0 unspecified atom stereocenters. The summed E-state index contributed by atoms with van der Waals surface area (Å²) in [5, 5.41) is 8.63. The number of anilines is 1. The second kappa shape index (κ2) is 4.72. The standard InChI is InChI=1S/C13H15N5O/c14-12(19)11-13(17-8-4-5-9-17)16-18(15-11)10-6-2-1-3-7-10/h1-3,6-7H,4-5,8-9H2,(H2,14,19). The molecule has 2 N–H and O–H groups in total. The molecule has 98 valence electrons. The lowest BCUT2D eigenvalue weighted by Gasteiger charge is -2.13. The third-order valence-electron chi connectivity index (χ3n) is 3.22. The summed E-state index contributed by atoms with van der Waals surface area (Å²) in [6.07, 6.45) is 2.22. The molecule has 0 aliphatic carbocycles. The molecule has 1 aliphatic rings. The van der Waals surface area contributed by atoms with E-state index in [-0.39, 0.29) is 5.69 Å². The van der Waals surface area contributed by atoms with Gasteiger partial charge in [-0.05, 0) is 25.0 Å². The number of rotatable bonds is 3. The molecule has 1 saturated heterocycles. The molecule has 0 atom stereocenters. The Hall–Kier alpha value is -2.37. The van der Waals surface area contributed by atoms with Crippen LogP contribution < -0.4 is 10.6 Å². The zero-order valence-electron chi connectivity index (χ0n) is 10.5. The van der Waals surface area contributed by atoms with Crippen LogP contribution in [0.2, 0.25) is 0 Å². The van der Waals surface area contributed by atoms with Crippen molar-refractivity contribution in [3.8, 4) is 5.69 Å². The summed E-state index contributed by atoms with van der Waals surface area (Å²) in [5.41, 5.74) is 6.45. The number of primary amides is 1. The van der Waals surface area contributed by atoms with E-state index < -0.39 is 5.91 Å². The first-order valence-electron chi connectivity index (χ1n) is 6.33. The quantitative estimate of drug-likeness (QED) is 0.888. The second-order valence-electron chi connectivity index (χ2n) is 4.56. The van der Waals surface area contributed by atoms with Crippen LogP contribution in [0.3, 0.4) is 0 Å². The van der Waals surface area contributed by atoms with Gasteiger partial charge in [-0.3, -0.25) is 4.79 Å². The van der Waals surface area contributed by atoms with Crippen molar-refractivity contribution in [2.45, 2.75) is 12.8 Å². The predicted octanol–water partition coefficient (Wildman–Crippen LogP) is 0.966. The first-order valence-corrected chi connectivity index (χ1v) is 6.33. The van der Waals surface area contributed by atoms with Crippen LogP contribution in [0, 0.1) is 0 Å². The average molecular weight is 257 g/mol. The Labute approximate surface area is 110 Å². The van der Waals surface area contributed by atoms with Crippen LogP contribution in [0.5, 0.6) is 0 Å². The summed E-state index contributed by atoms with van der Waals surface area (Å²) in [7, 11) is 0. The van der Waals surface area contributed by atoms with Gasteiger partial charge in [0, 0.05) is 13.1 Å². The Morgan fingerprint density at radius 2 is 1.79 bits per heavy atom. The van der Waals surface area contributed by atoms with Gasteiger partial charge in [0.15, 0.2) is 11.5 Å². The normalized spacial score (nSPS) is 14.8. The van der Waals surface area contributed by atoms with Gasteiger partial charge in [-0.2, -0.15) is 0 Å². The number of hydrogen-bond acceptors (Lipinski definition) is 4. The van der Waals surface area contributed by atoms with Crippen LogP contribution in [0.25, 0.3) is 5.69 Å². The maximum Gasteiger partial charge on any atom is 0.273 e. The van der Waals surface area contributed by atoms with E-state index >= 15 is 0 Å². The lowest BCUT2D eigenvalue weighted by atomic mass is 10.3. The molecule has 1 amide bonds. The summed E-state index contributed by atoms with van der Waals surface area (Å²) in [6.45, 7) is 1.79. The topological polar surface area (TPSA) is 77.0 Å². The minimum absolute atomic E-state index is 0.241. The lowest BCUT2D eigenvalue weighted by molar-refractivity contribution is 0.0995. The fourth-order valence-electron chi connectivity index (χ4n) is 2.28.